The number of nitrogens with two attached hydrogens (primary N) is 1. The number of carbonyl (C=O) groups excluding carboxylic acids is 1. The molecule has 7 heteroatoms. The lowest BCUT2D eigenvalue weighted by atomic mass is 10.0. The molecule has 2 rings (SSSR count). The van der Waals surface area contributed by atoms with Gasteiger partial charge in [0.2, 0.25) is 0 Å². The first-order valence-electron chi connectivity index (χ1n) is 7.28. The maximum absolute atomic E-state index is 11.1. The van der Waals surface area contributed by atoms with Crippen LogP contribution in [0, 0.1) is 0 Å². The molecule has 0 aromatic carbocycles. The van der Waals surface area contributed by atoms with Crippen molar-refractivity contribution in [2.75, 3.05) is 6.61 Å². The highest BCUT2D eigenvalue weighted by Gasteiger charge is 2.12. The van der Waals surface area contributed by atoms with Crippen LogP contribution in [0.5, 0.6) is 6.01 Å². The van der Waals surface area contributed by atoms with Gasteiger partial charge in [0.15, 0.2) is 0 Å². The Labute approximate surface area is 134 Å². The Kier molecular flexibility index (Phi) is 5.23. The summed E-state index contributed by atoms with van der Waals surface area (Å²) in [6.45, 7) is 3.95. The molecule has 7 nitrogen and oxygen atoms in total. The van der Waals surface area contributed by atoms with E-state index in [1.54, 1.807) is 38.4 Å². The largest absolute Gasteiger partial charge is 0.463 e. The fourth-order valence-electron chi connectivity index (χ4n) is 1.95. The number of ether oxygens (including phenoxy) is 1. The van der Waals surface area contributed by atoms with Crippen molar-refractivity contribution in [2.24, 2.45) is 5.73 Å². The van der Waals surface area contributed by atoms with Gasteiger partial charge in [0.1, 0.15) is 5.69 Å². The van der Waals surface area contributed by atoms with Crippen LogP contribution in [-0.4, -0.2) is 38.2 Å². The van der Waals surface area contributed by atoms with E-state index in [1.165, 1.54) is 6.20 Å². The molecular formula is C16H20N4O3. The van der Waals surface area contributed by atoms with E-state index in [2.05, 4.69) is 15.0 Å². The van der Waals surface area contributed by atoms with Crippen LogP contribution in [0.15, 0.2) is 30.7 Å². The zero-order valence-electron chi connectivity index (χ0n) is 13.2. The smallest absolute Gasteiger partial charge is 0.316 e. The lowest BCUT2D eigenvalue weighted by molar-refractivity contribution is 0.0636. The van der Waals surface area contributed by atoms with Gasteiger partial charge in [-0.15, -0.1) is 0 Å². The van der Waals surface area contributed by atoms with Crippen LogP contribution in [0.4, 0.5) is 0 Å². The van der Waals surface area contributed by atoms with Crippen molar-refractivity contribution in [3.63, 3.8) is 0 Å². The minimum Gasteiger partial charge on any atom is -0.463 e. The summed E-state index contributed by atoms with van der Waals surface area (Å²) in [5.41, 5.74) is 6.19. The van der Waals surface area contributed by atoms with Crippen molar-refractivity contribution < 1.29 is 14.6 Å². The van der Waals surface area contributed by atoms with E-state index in [0.717, 1.165) is 11.1 Å². The van der Waals surface area contributed by atoms with Gasteiger partial charge in [-0.2, -0.15) is 0 Å². The minimum atomic E-state index is -0.701. The average Bonchev–Trinajstić information content (AvgIpc) is 2.51. The van der Waals surface area contributed by atoms with Crippen LogP contribution in [-0.2, 0) is 0 Å². The Balaban J connectivity index is 1.97. The van der Waals surface area contributed by atoms with Gasteiger partial charge in [0.25, 0.3) is 5.91 Å². The monoisotopic (exact) mass is 316 g/mol. The predicted molar refractivity (Wildman–Crippen MR) is 84.8 cm³/mol. The average molecular weight is 316 g/mol. The Hall–Kier alpha value is -2.54. The third-order valence-electron chi connectivity index (χ3n) is 3.14. The molecule has 23 heavy (non-hydrogen) atoms. The van der Waals surface area contributed by atoms with E-state index in [1.807, 2.05) is 0 Å². The highest BCUT2D eigenvalue weighted by molar-refractivity contribution is 5.91. The first-order chi connectivity index (χ1) is 10.8. The first kappa shape index (κ1) is 16.8. The van der Waals surface area contributed by atoms with Crippen molar-refractivity contribution in [1.82, 2.24) is 15.0 Å². The van der Waals surface area contributed by atoms with Crippen LogP contribution in [0.1, 0.15) is 37.2 Å². The normalized spacial score (nSPS) is 11.3. The molecule has 0 bridgehead atoms. The molecule has 0 aliphatic rings. The number of amides is 1. The number of aromatic nitrogens is 3. The topological polar surface area (TPSA) is 111 Å². The van der Waals surface area contributed by atoms with Gasteiger partial charge in [-0.25, -0.2) is 9.97 Å². The SMILES string of the molecule is CC(C)(O)CCCOc1ncc(-c2ccnc(C(N)=O)c2)cn1. The number of rotatable bonds is 7. The molecule has 0 unspecified atom stereocenters. The van der Waals surface area contributed by atoms with Crippen LogP contribution in [0.2, 0.25) is 0 Å². The fourth-order valence-corrected chi connectivity index (χ4v) is 1.95. The number of nitrogens with zero attached hydrogens (tertiary/aromatic N) is 3. The van der Waals surface area contributed by atoms with Crippen molar-refractivity contribution in [3.8, 4) is 17.1 Å². The van der Waals surface area contributed by atoms with E-state index in [4.69, 9.17) is 10.5 Å². The molecule has 0 aliphatic heterocycles. The summed E-state index contributed by atoms with van der Waals surface area (Å²) >= 11 is 0. The lowest BCUT2D eigenvalue weighted by Gasteiger charge is -2.16. The van der Waals surface area contributed by atoms with Gasteiger partial charge in [-0.3, -0.25) is 9.78 Å². The van der Waals surface area contributed by atoms with Crippen LogP contribution >= 0.6 is 0 Å². The molecular weight excluding hydrogens is 296 g/mol. The minimum absolute atomic E-state index is 0.189. The molecule has 0 saturated heterocycles. The number of carbonyl (C=O) groups is 1. The molecule has 2 heterocycles. The Morgan fingerprint density at radius 2 is 1.96 bits per heavy atom. The van der Waals surface area contributed by atoms with Gasteiger partial charge in [-0.05, 0) is 44.4 Å². The molecule has 3 N–H and O–H groups in total. The first-order valence-corrected chi connectivity index (χ1v) is 7.28. The summed E-state index contributed by atoms with van der Waals surface area (Å²) in [6, 6.07) is 3.61. The zero-order chi connectivity index (χ0) is 16.9. The molecule has 0 atom stereocenters. The van der Waals surface area contributed by atoms with Crippen molar-refractivity contribution in [1.29, 1.82) is 0 Å². The Bertz CT molecular complexity index is 666. The Morgan fingerprint density at radius 3 is 2.57 bits per heavy atom. The summed E-state index contributed by atoms with van der Waals surface area (Å²) in [5, 5.41) is 9.61. The number of hydrogen-bond donors (Lipinski definition) is 2. The lowest BCUT2D eigenvalue weighted by Crippen LogP contribution is -2.19. The molecule has 0 spiro atoms. The quantitative estimate of drug-likeness (QED) is 0.750. The number of hydrogen-bond acceptors (Lipinski definition) is 6. The summed E-state index contributed by atoms with van der Waals surface area (Å²) in [6.07, 6.45) is 6.08. The predicted octanol–water partition coefficient (Wildman–Crippen LogP) is 1.57. The standard InChI is InChI=1S/C16H20N4O3/c1-16(2,22)5-3-7-23-15-19-9-12(10-20-15)11-4-6-18-13(8-11)14(17)21/h4,6,8-10,22H,3,5,7H2,1-2H3,(H2,17,21). The molecule has 2 aromatic heterocycles. The van der Waals surface area contributed by atoms with Gasteiger partial charge in [0, 0.05) is 24.2 Å². The molecule has 0 saturated carbocycles. The van der Waals surface area contributed by atoms with Crippen molar-refractivity contribution >= 4 is 5.91 Å². The third-order valence-corrected chi connectivity index (χ3v) is 3.14. The number of aliphatic hydroxyl groups is 1. The van der Waals surface area contributed by atoms with Gasteiger partial charge in [0.05, 0.1) is 12.2 Å². The molecule has 0 fully saturated rings. The second-order valence-corrected chi connectivity index (χ2v) is 5.81. The third kappa shape index (κ3) is 5.30. The zero-order valence-corrected chi connectivity index (χ0v) is 13.2. The molecule has 0 aliphatic carbocycles. The number of pyridine rings is 1. The summed E-state index contributed by atoms with van der Waals surface area (Å²) < 4.78 is 5.43. The highest BCUT2D eigenvalue weighted by atomic mass is 16.5. The molecule has 1 amide bonds. The van der Waals surface area contributed by atoms with E-state index >= 15 is 0 Å². The van der Waals surface area contributed by atoms with E-state index < -0.39 is 11.5 Å². The highest BCUT2D eigenvalue weighted by Crippen LogP contribution is 2.19. The van der Waals surface area contributed by atoms with E-state index in [9.17, 15) is 9.90 Å². The number of primary amides is 1. The van der Waals surface area contributed by atoms with Gasteiger partial charge < -0.3 is 15.6 Å². The second-order valence-electron chi connectivity index (χ2n) is 5.81. The maximum Gasteiger partial charge on any atom is 0.316 e. The summed E-state index contributed by atoms with van der Waals surface area (Å²) in [5.74, 6) is -0.584. The van der Waals surface area contributed by atoms with Crippen molar-refractivity contribution in [2.45, 2.75) is 32.3 Å². The summed E-state index contributed by atoms with van der Waals surface area (Å²) in [4.78, 5) is 23.3. The summed E-state index contributed by atoms with van der Waals surface area (Å²) in [7, 11) is 0. The van der Waals surface area contributed by atoms with E-state index in [0.29, 0.717) is 19.4 Å². The van der Waals surface area contributed by atoms with Gasteiger partial charge >= 0.3 is 6.01 Å². The van der Waals surface area contributed by atoms with Crippen molar-refractivity contribution in [3.05, 3.63) is 36.4 Å². The Morgan fingerprint density at radius 1 is 1.26 bits per heavy atom. The molecule has 0 radical (unpaired) electrons. The van der Waals surface area contributed by atoms with Crippen LogP contribution in [0.3, 0.4) is 0 Å². The maximum atomic E-state index is 11.1. The van der Waals surface area contributed by atoms with Crippen LogP contribution in [0.25, 0.3) is 11.1 Å². The van der Waals surface area contributed by atoms with Crippen LogP contribution < -0.4 is 10.5 Å². The van der Waals surface area contributed by atoms with E-state index in [-0.39, 0.29) is 11.7 Å². The molecule has 122 valence electrons. The second kappa shape index (κ2) is 7.15. The van der Waals surface area contributed by atoms with Gasteiger partial charge in [-0.1, -0.05) is 0 Å². The fraction of sp³-hybridized carbons (Fsp3) is 0.375. The molecule has 2 aromatic rings.